The minimum atomic E-state index is 0.535. The fraction of sp³-hybridized carbons (Fsp3) is 0.500. The van der Waals surface area contributed by atoms with Crippen LogP contribution in [-0.2, 0) is 12.8 Å². The van der Waals surface area contributed by atoms with Crippen LogP contribution in [0.25, 0.3) is 0 Å². The Morgan fingerprint density at radius 3 is 3.21 bits per heavy atom. The van der Waals surface area contributed by atoms with Gasteiger partial charge in [0.15, 0.2) is 0 Å². The number of rotatable bonds is 4. The monoisotopic (exact) mass is 356 g/mol. The van der Waals surface area contributed by atoms with Crippen LogP contribution in [0.1, 0.15) is 40.0 Å². The van der Waals surface area contributed by atoms with Gasteiger partial charge in [0.2, 0.25) is 0 Å². The summed E-state index contributed by atoms with van der Waals surface area (Å²) in [5.74, 6) is 0. The second-order valence-corrected chi connectivity index (χ2v) is 8.42. The third-order valence-corrected chi connectivity index (χ3v) is 6.22. The molecule has 2 nitrogen and oxygen atoms in total. The van der Waals surface area contributed by atoms with Gasteiger partial charge in [0.05, 0.1) is 8.79 Å². The molecule has 1 atom stereocenters. The molecule has 102 valence electrons. The fourth-order valence-corrected chi connectivity index (χ4v) is 5.20. The lowest BCUT2D eigenvalue weighted by atomic mass is 9.94. The van der Waals surface area contributed by atoms with Crippen molar-refractivity contribution in [2.75, 3.05) is 6.54 Å². The number of aryl methyl sites for hydroxylation is 2. The molecule has 0 saturated carbocycles. The van der Waals surface area contributed by atoms with Crippen molar-refractivity contribution in [3.8, 4) is 0 Å². The predicted octanol–water partition coefficient (Wildman–Crippen LogP) is 4.49. The second-order valence-electron chi connectivity index (χ2n) is 4.96. The van der Waals surface area contributed by atoms with Gasteiger partial charge in [0, 0.05) is 35.0 Å². The highest BCUT2D eigenvalue weighted by atomic mass is 79.9. The lowest BCUT2D eigenvalue weighted by Crippen LogP contribution is -2.26. The molecule has 3 rings (SSSR count). The Morgan fingerprint density at radius 1 is 1.53 bits per heavy atom. The highest BCUT2D eigenvalue weighted by Gasteiger charge is 2.21. The van der Waals surface area contributed by atoms with Crippen molar-refractivity contribution in [1.82, 2.24) is 10.3 Å². The van der Waals surface area contributed by atoms with Crippen molar-refractivity contribution in [2.45, 2.75) is 38.6 Å². The molecule has 0 fully saturated rings. The normalized spacial score (nSPS) is 18.5. The zero-order valence-electron chi connectivity index (χ0n) is 10.9. The van der Waals surface area contributed by atoms with Gasteiger partial charge in [0.1, 0.15) is 0 Å². The zero-order chi connectivity index (χ0) is 13.2. The van der Waals surface area contributed by atoms with E-state index in [9.17, 15) is 0 Å². The number of thiazole rings is 1. The molecule has 2 aromatic heterocycles. The molecule has 2 aromatic rings. The van der Waals surface area contributed by atoms with Gasteiger partial charge in [-0.05, 0) is 53.7 Å². The van der Waals surface area contributed by atoms with E-state index >= 15 is 0 Å². The fourth-order valence-electron chi connectivity index (χ4n) is 2.60. The smallest absolute Gasteiger partial charge is 0.0940 e. The van der Waals surface area contributed by atoms with E-state index in [-0.39, 0.29) is 0 Å². The van der Waals surface area contributed by atoms with E-state index in [0.717, 1.165) is 18.7 Å². The van der Waals surface area contributed by atoms with E-state index in [0.29, 0.717) is 6.04 Å². The summed E-state index contributed by atoms with van der Waals surface area (Å²) in [6.07, 6.45) is 4.84. The first kappa shape index (κ1) is 13.7. The Balaban J connectivity index is 1.59. The van der Waals surface area contributed by atoms with Gasteiger partial charge in [-0.25, -0.2) is 4.98 Å². The Morgan fingerprint density at radius 2 is 2.42 bits per heavy atom. The van der Waals surface area contributed by atoms with Gasteiger partial charge in [0.25, 0.3) is 0 Å². The topological polar surface area (TPSA) is 24.9 Å². The standard InChI is InChI=1S/C14H17BrN2S2/c1-9-8-18-14(17-9)5-6-16-11-3-2-4-12-10(11)7-13(15)19-12/h7-8,11,16H,2-6H2,1H3. The molecule has 0 saturated heterocycles. The molecule has 0 radical (unpaired) electrons. The average Bonchev–Trinajstić information content (AvgIpc) is 2.95. The minimum absolute atomic E-state index is 0.535. The van der Waals surface area contributed by atoms with E-state index in [4.69, 9.17) is 0 Å². The third kappa shape index (κ3) is 3.27. The molecule has 0 amide bonds. The lowest BCUT2D eigenvalue weighted by Gasteiger charge is -2.23. The number of hydrogen-bond acceptors (Lipinski definition) is 4. The number of thiophene rings is 1. The number of hydrogen-bond donors (Lipinski definition) is 1. The van der Waals surface area contributed by atoms with Crippen LogP contribution in [0.5, 0.6) is 0 Å². The highest BCUT2D eigenvalue weighted by molar-refractivity contribution is 9.11. The van der Waals surface area contributed by atoms with Crippen LogP contribution >= 0.6 is 38.6 Å². The molecule has 1 aliphatic carbocycles. The molecular formula is C14H17BrN2S2. The molecule has 0 bridgehead atoms. The SMILES string of the molecule is Cc1csc(CCNC2CCCc3sc(Br)cc32)n1. The van der Waals surface area contributed by atoms with Crippen LogP contribution in [0.4, 0.5) is 0 Å². The summed E-state index contributed by atoms with van der Waals surface area (Å²) < 4.78 is 1.27. The van der Waals surface area contributed by atoms with E-state index in [2.05, 4.69) is 44.6 Å². The number of fused-ring (bicyclic) bond motifs is 1. The second kappa shape index (κ2) is 6.04. The Hall–Kier alpha value is -0.230. The predicted molar refractivity (Wildman–Crippen MR) is 86.3 cm³/mol. The summed E-state index contributed by atoms with van der Waals surface area (Å²) in [4.78, 5) is 6.07. The van der Waals surface area contributed by atoms with E-state index in [1.54, 1.807) is 16.2 Å². The van der Waals surface area contributed by atoms with Crippen LogP contribution in [-0.4, -0.2) is 11.5 Å². The van der Waals surface area contributed by atoms with Crippen LogP contribution in [0.3, 0.4) is 0 Å². The first-order valence-electron chi connectivity index (χ1n) is 6.65. The van der Waals surface area contributed by atoms with Crippen molar-refractivity contribution < 1.29 is 0 Å². The zero-order valence-corrected chi connectivity index (χ0v) is 14.1. The maximum Gasteiger partial charge on any atom is 0.0940 e. The number of aromatic nitrogens is 1. The molecule has 1 N–H and O–H groups in total. The first-order chi connectivity index (χ1) is 9.22. The molecule has 5 heteroatoms. The largest absolute Gasteiger partial charge is 0.309 e. The van der Waals surface area contributed by atoms with Crippen molar-refractivity contribution in [1.29, 1.82) is 0 Å². The maximum atomic E-state index is 4.51. The summed E-state index contributed by atoms with van der Waals surface area (Å²) in [7, 11) is 0. The Labute approximate surface area is 130 Å². The Bertz CT molecular complexity index is 562. The van der Waals surface area contributed by atoms with Gasteiger partial charge in [-0.15, -0.1) is 22.7 Å². The first-order valence-corrected chi connectivity index (χ1v) is 9.14. The van der Waals surface area contributed by atoms with Gasteiger partial charge in [-0.1, -0.05) is 0 Å². The maximum absolute atomic E-state index is 4.51. The summed E-state index contributed by atoms with van der Waals surface area (Å²) in [5.41, 5.74) is 2.65. The molecule has 19 heavy (non-hydrogen) atoms. The molecular weight excluding hydrogens is 340 g/mol. The summed E-state index contributed by atoms with van der Waals surface area (Å²) in [6.45, 7) is 3.08. The van der Waals surface area contributed by atoms with Crippen molar-refractivity contribution in [3.05, 3.63) is 36.4 Å². The quantitative estimate of drug-likeness (QED) is 0.872. The minimum Gasteiger partial charge on any atom is -0.309 e. The lowest BCUT2D eigenvalue weighted by molar-refractivity contribution is 0.466. The number of halogens is 1. The number of nitrogens with one attached hydrogen (secondary N) is 1. The number of nitrogens with zero attached hydrogens (tertiary/aromatic N) is 1. The summed E-state index contributed by atoms with van der Waals surface area (Å²) >= 11 is 7.27. The van der Waals surface area contributed by atoms with Crippen molar-refractivity contribution in [3.63, 3.8) is 0 Å². The summed E-state index contributed by atoms with van der Waals surface area (Å²) in [5, 5.41) is 7.07. The molecule has 0 aliphatic heterocycles. The molecule has 1 unspecified atom stereocenters. The van der Waals surface area contributed by atoms with E-state index in [1.165, 1.54) is 33.6 Å². The van der Waals surface area contributed by atoms with Crippen LogP contribution < -0.4 is 5.32 Å². The van der Waals surface area contributed by atoms with Crippen molar-refractivity contribution in [2.24, 2.45) is 0 Å². The van der Waals surface area contributed by atoms with Crippen molar-refractivity contribution >= 4 is 38.6 Å². The van der Waals surface area contributed by atoms with Crippen LogP contribution in [0.2, 0.25) is 0 Å². The Kier molecular flexibility index (Phi) is 4.37. The highest BCUT2D eigenvalue weighted by Crippen LogP contribution is 2.37. The van der Waals surface area contributed by atoms with E-state index < -0.39 is 0 Å². The molecule has 1 aliphatic rings. The van der Waals surface area contributed by atoms with E-state index in [1.807, 2.05) is 11.3 Å². The van der Waals surface area contributed by atoms with Gasteiger partial charge in [-0.3, -0.25) is 0 Å². The average molecular weight is 357 g/mol. The van der Waals surface area contributed by atoms with Gasteiger partial charge in [-0.2, -0.15) is 0 Å². The van der Waals surface area contributed by atoms with Crippen LogP contribution in [0.15, 0.2) is 15.2 Å². The molecule has 0 aromatic carbocycles. The molecule has 2 heterocycles. The van der Waals surface area contributed by atoms with Crippen LogP contribution in [0, 0.1) is 6.92 Å². The third-order valence-electron chi connectivity index (χ3n) is 3.48. The summed E-state index contributed by atoms with van der Waals surface area (Å²) in [6, 6.07) is 2.83. The van der Waals surface area contributed by atoms with Gasteiger partial charge < -0.3 is 5.32 Å². The molecule has 0 spiro atoms. The van der Waals surface area contributed by atoms with Gasteiger partial charge >= 0.3 is 0 Å².